The summed E-state index contributed by atoms with van der Waals surface area (Å²) < 4.78 is 0. The summed E-state index contributed by atoms with van der Waals surface area (Å²) in [5, 5.41) is 4.12. The lowest BCUT2D eigenvalue weighted by Crippen LogP contribution is -2.31. The number of aliphatic imine (C=N–C) groups is 1. The summed E-state index contributed by atoms with van der Waals surface area (Å²) in [7, 11) is 0. The van der Waals surface area contributed by atoms with Crippen molar-refractivity contribution >= 4 is 22.9 Å². The fraction of sp³-hybridized carbons (Fsp3) is 0.0833. The standard InChI is InChI=1S/C12H13N3S/c1-9-7-16-8-11(9)12(15-13)14-10-5-3-2-4-6-10/h2-8H,13H2,1H3,(H,14,15). The molecule has 0 aliphatic heterocycles. The Balaban J connectivity index is 2.37. The number of amidine groups is 1. The summed E-state index contributed by atoms with van der Waals surface area (Å²) >= 11 is 1.64. The Morgan fingerprint density at radius 1 is 1.25 bits per heavy atom. The topological polar surface area (TPSA) is 50.4 Å². The molecule has 0 aliphatic carbocycles. The Bertz CT molecular complexity index is 488. The molecule has 4 heteroatoms. The molecule has 82 valence electrons. The molecule has 0 bridgehead atoms. The number of aryl methyl sites for hydroxylation is 1. The highest BCUT2D eigenvalue weighted by Gasteiger charge is 2.06. The van der Waals surface area contributed by atoms with Crippen LogP contribution in [0.4, 0.5) is 5.69 Å². The molecule has 0 saturated carbocycles. The molecule has 0 amide bonds. The largest absolute Gasteiger partial charge is 0.308 e. The Morgan fingerprint density at radius 2 is 2.00 bits per heavy atom. The molecule has 0 saturated heterocycles. The van der Waals surface area contributed by atoms with Crippen molar-refractivity contribution in [1.82, 2.24) is 5.43 Å². The normalized spacial score (nSPS) is 11.5. The first-order valence-electron chi connectivity index (χ1n) is 4.95. The molecule has 0 aliphatic rings. The highest BCUT2D eigenvalue weighted by Crippen LogP contribution is 2.17. The minimum Gasteiger partial charge on any atom is -0.308 e. The Hall–Kier alpha value is -1.65. The van der Waals surface area contributed by atoms with Crippen LogP contribution in [0.25, 0.3) is 0 Å². The Labute approximate surface area is 98.6 Å². The zero-order chi connectivity index (χ0) is 11.4. The van der Waals surface area contributed by atoms with Gasteiger partial charge in [0, 0.05) is 10.9 Å². The van der Waals surface area contributed by atoms with E-state index < -0.39 is 0 Å². The van der Waals surface area contributed by atoms with Gasteiger partial charge in [0.25, 0.3) is 0 Å². The van der Waals surface area contributed by atoms with Crippen molar-refractivity contribution in [1.29, 1.82) is 0 Å². The number of para-hydroxylation sites is 1. The molecule has 2 rings (SSSR count). The molecule has 0 atom stereocenters. The van der Waals surface area contributed by atoms with Gasteiger partial charge in [0.15, 0.2) is 0 Å². The van der Waals surface area contributed by atoms with Crippen LogP contribution in [0.3, 0.4) is 0 Å². The van der Waals surface area contributed by atoms with Crippen LogP contribution in [0.15, 0.2) is 46.1 Å². The number of hydrogen-bond donors (Lipinski definition) is 2. The number of benzene rings is 1. The Kier molecular flexibility index (Phi) is 3.34. The summed E-state index contributed by atoms with van der Waals surface area (Å²) in [5.41, 5.74) is 5.77. The fourth-order valence-corrected chi connectivity index (χ4v) is 2.24. The maximum atomic E-state index is 5.50. The molecular weight excluding hydrogens is 218 g/mol. The number of nitrogens with two attached hydrogens (primary N) is 1. The van der Waals surface area contributed by atoms with Crippen LogP contribution < -0.4 is 11.3 Å². The van der Waals surface area contributed by atoms with Gasteiger partial charge in [0.05, 0.1) is 5.69 Å². The Morgan fingerprint density at radius 3 is 2.56 bits per heavy atom. The third-order valence-corrected chi connectivity index (χ3v) is 3.11. The van der Waals surface area contributed by atoms with Gasteiger partial charge in [-0.25, -0.2) is 10.8 Å². The van der Waals surface area contributed by atoms with Gasteiger partial charge >= 0.3 is 0 Å². The van der Waals surface area contributed by atoms with Gasteiger partial charge in [-0.05, 0) is 30.0 Å². The van der Waals surface area contributed by atoms with E-state index >= 15 is 0 Å². The number of hydrogen-bond acceptors (Lipinski definition) is 3. The van der Waals surface area contributed by atoms with Gasteiger partial charge < -0.3 is 5.43 Å². The maximum absolute atomic E-state index is 5.50. The van der Waals surface area contributed by atoms with Gasteiger partial charge in [-0.2, -0.15) is 11.3 Å². The lowest BCUT2D eigenvalue weighted by atomic mass is 10.2. The number of hydrazine groups is 1. The number of nitrogens with one attached hydrogen (secondary N) is 1. The van der Waals surface area contributed by atoms with E-state index in [0.717, 1.165) is 11.3 Å². The van der Waals surface area contributed by atoms with E-state index in [1.807, 2.05) is 42.6 Å². The fourth-order valence-electron chi connectivity index (χ4n) is 1.41. The van der Waals surface area contributed by atoms with E-state index in [9.17, 15) is 0 Å². The summed E-state index contributed by atoms with van der Waals surface area (Å²) in [6.45, 7) is 2.05. The second-order valence-electron chi connectivity index (χ2n) is 3.41. The SMILES string of the molecule is Cc1cscc1C(=Nc1ccccc1)NN. The van der Waals surface area contributed by atoms with Gasteiger partial charge in [-0.15, -0.1) is 0 Å². The molecular formula is C12H13N3S. The second kappa shape index (κ2) is 4.92. The van der Waals surface area contributed by atoms with Crippen molar-refractivity contribution in [2.45, 2.75) is 6.92 Å². The van der Waals surface area contributed by atoms with Gasteiger partial charge in [0.1, 0.15) is 5.84 Å². The summed E-state index contributed by atoms with van der Waals surface area (Å²) in [6.07, 6.45) is 0. The van der Waals surface area contributed by atoms with Crippen LogP contribution in [0, 0.1) is 6.92 Å². The highest BCUT2D eigenvalue weighted by atomic mass is 32.1. The summed E-state index contributed by atoms with van der Waals surface area (Å²) in [5.74, 6) is 6.20. The molecule has 3 nitrogen and oxygen atoms in total. The molecule has 1 aromatic carbocycles. The molecule has 1 aromatic heterocycles. The second-order valence-corrected chi connectivity index (χ2v) is 4.15. The van der Waals surface area contributed by atoms with Crippen LogP contribution in [-0.4, -0.2) is 5.84 Å². The monoisotopic (exact) mass is 231 g/mol. The minimum atomic E-state index is 0.699. The van der Waals surface area contributed by atoms with E-state index in [-0.39, 0.29) is 0 Å². The van der Waals surface area contributed by atoms with Crippen LogP contribution in [-0.2, 0) is 0 Å². The highest BCUT2D eigenvalue weighted by molar-refractivity contribution is 7.08. The lowest BCUT2D eigenvalue weighted by molar-refractivity contribution is 1.02. The van der Waals surface area contributed by atoms with Gasteiger partial charge in [0.2, 0.25) is 0 Å². The summed E-state index contributed by atoms with van der Waals surface area (Å²) in [6, 6.07) is 9.75. The number of thiophene rings is 1. The molecule has 0 fully saturated rings. The lowest BCUT2D eigenvalue weighted by Gasteiger charge is -2.04. The van der Waals surface area contributed by atoms with Crippen molar-refractivity contribution < 1.29 is 0 Å². The van der Waals surface area contributed by atoms with Crippen molar-refractivity contribution in [2.75, 3.05) is 0 Å². The van der Waals surface area contributed by atoms with E-state index in [4.69, 9.17) is 5.84 Å². The average Bonchev–Trinajstić information content (AvgIpc) is 2.74. The predicted octanol–water partition coefficient (Wildman–Crippen LogP) is 2.60. The van der Waals surface area contributed by atoms with Gasteiger partial charge in [-0.3, -0.25) is 0 Å². The third kappa shape index (κ3) is 2.29. The number of rotatable bonds is 2. The van der Waals surface area contributed by atoms with E-state index in [0.29, 0.717) is 5.84 Å². The minimum absolute atomic E-state index is 0.699. The molecule has 16 heavy (non-hydrogen) atoms. The van der Waals surface area contributed by atoms with Crippen LogP contribution in [0.2, 0.25) is 0 Å². The molecule has 2 aromatic rings. The third-order valence-electron chi connectivity index (χ3n) is 2.24. The molecule has 1 heterocycles. The summed E-state index contributed by atoms with van der Waals surface area (Å²) in [4.78, 5) is 4.47. The molecule has 0 unspecified atom stereocenters. The van der Waals surface area contributed by atoms with E-state index in [1.165, 1.54) is 5.56 Å². The molecule has 0 spiro atoms. The van der Waals surface area contributed by atoms with Crippen LogP contribution in [0.5, 0.6) is 0 Å². The molecule has 0 radical (unpaired) electrons. The van der Waals surface area contributed by atoms with Crippen LogP contribution >= 0.6 is 11.3 Å². The smallest absolute Gasteiger partial charge is 0.149 e. The van der Waals surface area contributed by atoms with Crippen molar-refractivity contribution in [3.05, 3.63) is 52.2 Å². The van der Waals surface area contributed by atoms with Crippen molar-refractivity contribution in [3.63, 3.8) is 0 Å². The first-order valence-corrected chi connectivity index (χ1v) is 5.89. The average molecular weight is 231 g/mol. The van der Waals surface area contributed by atoms with Crippen molar-refractivity contribution in [2.24, 2.45) is 10.8 Å². The first kappa shape index (κ1) is 10.9. The zero-order valence-electron chi connectivity index (χ0n) is 8.97. The zero-order valence-corrected chi connectivity index (χ0v) is 9.79. The van der Waals surface area contributed by atoms with Gasteiger partial charge in [-0.1, -0.05) is 18.2 Å². The van der Waals surface area contributed by atoms with E-state index in [2.05, 4.69) is 15.8 Å². The molecule has 3 N–H and O–H groups in total. The van der Waals surface area contributed by atoms with Crippen LogP contribution in [0.1, 0.15) is 11.1 Å². The van der Waals surface area contributed by atoms with E-state index in [1.54, 1.807) is 11.3 Å². The maximum Gasteiger partial charge on any atom is 0.149 e. The quantitative estimate of drug-likeness (QED) is 0.361. The number of nitrogens with zero attached hydrogens (tertiary/aromatic N) is 1. The first-order chi connectivity index (χ1) is 7.81. The predicted molar refractivity (Wildman–Crippen MR) is 69.0 cm³/mol. The van der Waals surface area contributed by atoms with Crippen molar-refractivity contribution in [3.8, 4) is 0 Å².